The number of aromatic nitrogens is 1. The zero-order valence-electron chi connectivity index (χ0n) is 14.4. The fourth-order valence-electron chi connectivity index (χ4n) is 2.82. The second-order valence-electron chi connectivity index (χ2n) is 6.09. The molecule has 6 heteroatoms. The van der Waals surface area contributed by atoms with Crippen molar-refractivity contribution in [2.75, 3.05) is 12.4 Å². The normalized spacial score (nSPS) is 15.2. The fraction of sp³-hybridized carbons (Fsp3) is 0.368. The van der Waals surface area contributed by atoms with Gasteiger partial charge < -0.3 is 20.5 Å². The Kier molecular flexibility index (Phi) is 5.72. The molecule has 1 aromatic carbocycles. The topological polar surface area (TPSA) is 81.8 Å². The molecule has 1 heterocycles. The summed E-state index contributed by atoms with van der Waals surface area (Å²) in [6.45, 7) is 0.458. The van der Waals surface area contributed by atoms with Crippen LogP contribution in [0.25, 0.3) is 0 Å². The molecule has 0 amide bonds. The molecule has 3 rings (SSSR count). The molecule has 0 radical (unpaired) electrons. The number of methoxy groups -OCH3 is 1. The minimum Gasteiger partial charge on any atom is -0.497 e. The highest BCUT2D eigenvalue weighted by Gasteiger charge is 2.16. The van der Waals surface area contributed by atoms with E-state index in [9.17, 15) is 0 Å². The molecule has 1 aliphatic carbocycles. The van der Waals surface area contributed by atoms with E-state index in [-0.39, 0.29) is 0 Å². The number of pyridine rings is 1. The van der Waals surface area contributed by atoms with Gasteiger partial charge in [-0.15, -0.1) is 0 Å². The summed E-state index contributed by atoms with van der Waals surface area (Å²) in [5, 5.41) is 3.05. The van der Waals surface area contributed by atoms with Gasteiger partial charge in [0.1, 0.15) is 11.9 Å². The number of nitrogens with zero attached hydrogens (tertiary/aromatic N) is 2. The molecule has 1 fully saturated rings. The van der Waals surface area contributed by atoms with Crippen LogP contribution in [0.2, 0.25) is 0 Å². The maximum atomic E-state index is 5.94. The minimum absolute atomic E-state index is 0.319. The molecule has 0 atom stereocenters. The van der Waals surface area contributed by atoms with Crippen molar-refractivity contribution < 1.29 is 9.47 Å². The van der Waals surface area contributed by atoms with Gasteiger partial charge in [-0.05, 0) is 43.4 Å². The molecule has 0 aliphatic heterocycles. The van der Waals surface area contributed by atoms with Gasteiger partial charge in [0.2, 0.25) is 5.88 Å². The van der Waals surface area contributed by atoms with Crippen molar-refractivity contribution in [1.82, 2.24) is 4.98 Å². The number of nitrogens with two attached hydrogens (primary N) is 1. The molecule has 1 aliphatic rings. The van der Waals surface area contributed by atoms with Gasteiger partial charge in [0.15, 0.2) is 5.96 Å². The molecule has 3 N–H and O–H groups in total. The molecule has 1 aromatic heterocycles. The predicted octanol–water partition coefficient (Wildman–Crippen LogP) is 3.34. The number of hydrogen-bond donors (Lipinski definition) is 2. The molecule has 6 nitrogen and oxygen atoms in total. The van der Waals surface area contributed by atoms with Crippen molar-refractivity contribution >= 4 is 11.6 Å². The largest absolute Gasteiger partial charge is 0.497 e. The predicted molar refractivity (Wildman–Crippen MR) is 99.1 cm³/mol. The molecular weight excluding hydrogens is 316 g/mol. The average molecular weight is 340 g/mol. The highest BCUT2D eigenvalue weighted by molar-refractivity contribution is 5.92. The highest BCUT2D eigenvalue weighted by Crippen LogP contribution is 2.23. The lowest BCUT2D eigenvalue weighted by Crippen LogP contribution is -2.22. The van der Waals surface area contributed by atoms with Crippen LogP contribution in [0.3, 0.4) is 0 Å². The Morgan fingerprint density at radius 2 is 2.12 bits per heavy atom. The molecule has 1 saturated carbocycles. The Bertz CT molecular complexity index is 710. The molecular formula is C19H24N4O2. The second kappa shape index (κ2) is 8.37. The van der Waals surface area contributed by atoms with Gasteiger partial charge in [-0.1, -0.05) is 12.1 Å². The summed E-state index contributed by atoms with van der Waals surface area (Å²) in [5.74, 6) is 1.79. The highest BCUT2D eigenvalue weighted by atomic mass is 16.5. The van der Waals surface area contributed by atoms with Gasteiger partial charge in [0.25, 0.3) is 0 Å². The summed E-state index contributed by atoms with van der Waals surface area (Å²) < 4.78 is 11.0. The van der Waals surface area contributed by atoms with Crippen LogP contribution in [-0.4, -0.2) is 24.2 Å². The van der Waals surface area contributed by atoms with Gasteiger partial charge >= 0.3 is 0 Å². The van der Waals surface area contributed by atoms with Gasteiger partial charge in [0, 0.05) is 24.0 Å². The Morgan fingerprint density at radius 3 is 2.84 bits per heavy atom. The number of rotatable bonds is 6. The Morgan fingerprint density at radius 1 is 1.28 bits per heavy atom. The number of guanidine groups is 1. The van der Waals surface area contributed by atoms with E-state index in [1.54, 1.807) is 13.3 Å². The number of benzene rings is 1. The number of aliphatic imine (C=N–C) groups is 1. The first-order chi connectivity index (χ1) is 12.2. The quantitative estimate of drug-likeness (QED) is 0.622. The smallest absolute Gasteiger partial charge is 0.213 e. The first-order valence-corrected chi connectivity index (χ1v) is 8.55. The van der Waals surface area contributed by atoms with Crippen LogP contribution in [0.15, 0.2) is 47.6 Å². The first-order valence-electron chi connectivity index (χ1n) is 8.55. The van der Waals surface area contributed by atoms with Crippen LogP contribution in [-0.2, 0) is 6.54 Å². The van der Waals surface area contributed by atoms with Crippen molar-refractivity contribution in [2.45, 2.75) is 38.3 Å². The van der Waals surface area contributed by atoms with Gasteiger partial charge in [0.05, 0.1) is 13.7 Å². The summed E-state index contributed by atoms with van der Waals surface area (Å²) in [7, 11) is 1.63. The summed E-state index contributed by atoms with van der Waals surface area (Å²) in [6.07, 6.45) is 6.85. The lowest BCUT2D eigenvalue weighted by molar-refractivity contribution is 0.201. The maximum absolute atomic E-state index is 5.94. The lowest BCUT2D eigenvalue weighted by Gasteiger charge is -2.11. The monoisotopic (exact) mass is 340 g/mol. The number of anilines is 1. The van der Waals surface area contributed by atoms with Crippen molar-refractivity contribution in [1.29, 1.82) is 0 Å². The zero-order chi connectivity index (χ0) is 17.5. The number of nitrogens with one attached hydrogen (secondary N) is 1. The van der Waals surface area contributed by atoms with Crippen molar-refractivity contribution in [3.8, 4) is 11.6 Å². The third-order valence-electron chi connectivity index (χ3n) is 4.16. The van der Waals surface area contributed by atoms with Crippen molar-refractivity contribution in [2.24, 2.45) is 10.7 Å². The summed E-state index contributed by atoms with van der Waals surface area (Å²) in [5.41, 5.74) is 7.75. The van der Waals surface area contributed by atoms with Crippen molar-refractivity contribution in [3.63, 3.8) is 0 Å². The minimum atomic E-state index is 0.319. The lowest BCUT2D eigenvalue weighted by atomic mass is 10.3. The van der Waals surface area contributed by atoms with Crippen LogP contribution in [0.5, 0.6) is 11.6 Å². The van der Waals surface area contributed by atoms with Gasteiger partial charge in [-0.3, -0.25) is 0 Å². The third-order valence-corrected chi connectivity index (χ3v) is 4.16. The van der Waals surface area contributed by atoms with Crippen molar-refractivity contribution in [3.05, 3.63) is 48.2 Å². The van der Waals surface area contributed by atoms with Crippen LogP contribution < -0.4 is 20.5 Å². The molecule has 0 bridgehead atoms. The maximum Gasteiger partial charge on any atom is 0.213 e. The molecule has 2 aromatic rings. The summed E-state index contributed by atoms with van der Waals surface area (Å²) in [6, 6.07) is 11.4. The average Bonchev–Trinajstić information content (AvgIpc) is 3.14. The Balaban J connectivity index is 1.53. The van der Waals surface area contributed by atoms with Gasteiger partial charge in [-0.25, -0.2) is 9.98 Å². The summed E-state index contributed by atoms with van der Waals surface area (Å²) >= 11 is 0. The van der Waals surface area contributed by atoms with Crippen LogP contribution in [0.4, 0.5) is 5.69 Å². The molecule has 0 unspecified atom stereocenters. The van der Waals surface area contributed by atoms with E-state index in [4.69, 9.17) is 15.2 Å². The standard InChI is InChI=1S/C19H24N4O2/c1-24-17-8-4-5-15(11-17)23-19(20)22-13-14-9-10-18(21-12-14)25-16-6-2-3-7-16/h4-5,8-12,16H,2-3,6-7,13H2,1H3,(H3,20,22,23). The van der Waals surface area contributed by atoms with E-state index >= 15 is 0 Å². The second-order valence-corrected chi connectivity index (χ2v) is 6.09. The number of hydrogen-bond acceptors (Lipinski definition) is 4. The van der Waals surface area contributed by atoms with E-state index in [1.165, 1.54) is 12.8 Å². The Labute approximate surface area is 148 Å². The zero-order valence-corrected chi connectivity index (χ0v) is 14.4. The van der Waals surface area contributed by atoms with E-state index in [2.05, 4.69) is 15.3 Å². The third kappa shape index (κ3) is 5.11. The molecule has 132 valence electrons. The van der Waals surface area contributed by atoms with Crippen LogP contribution >= 0.6 is 0 Å². The first kappa shape index (κ1) is 17.1. The molecule has 0 spiro atoms. The van der Waals surface area contributed by atoms with E-state index in [0.29, 0.717) is 24.5 Å². The SMILES string of the molecule is COc1cccc(NC(N)=NCc2ccc(OC3CCCC3)nc2)c1. The molecule has 25 heavy (non-hydrogen) atoms. The fourth-order valence-corrected chi connectivity index (χ4v) is 2.82. The van der Waals surface area contributed by atoms with Crippen LogP contribution in [0.1, 0.15) is 31.2 Å². The Hall–Kier alpha value is -2.76. The van der Waals surface area contributed by atoms with E-state index < -0.39 is 0 Å². The van der Waals surface area contributed by atoms with E-state index in [0.717, 1.165) is 29.8 Å². The summed E-state index contributed by atoms with van der Waals surface area (Å²) in [4.78, 5) is 8.70. The van der Waals surface area contributed by atoms with E-state index in [1.807, 2.05) is 36.4 Å². The van der Waals surface area contributed by atoms with Crippen LogP contribution in [0, 0.1) is 0 Å². The molecule has 0 saturated heterocycles. The number of ether oxygens (including phenoxy) is 2. The van der Waals surface area contributed by atoms with Gasteiger partial charge in [-0.2, -0.15) is 0 Å².